The van der Waals surface area contributed by atoms with Crippen LogP contribution >= 0.6 is 11.3 Å². The summed E-state index contributed by atoms with van der Waals surface area (Å²) in [5, 5.41) is 12.8. The lowest BCUT2D eigenvalue weighted by molar-refractivity contribution is -0.134. The number of thiophene rings is 1. The lowest BCUT2D eigenvalue weighted by Crippen LogP contribution is -2.43. The summed E-state index contributed by atoms with van der Waals surface area (Å²) in [6.45, 7) is 2.14. The fourth-order valence-corrected chi connectivity index (χ4v) is 4.05. The van der Waals surface area contributed by atoms with E-state index in [1.54, 1.807) is 18.4 Å². The van der Waals surface area contributed by atoms with Crippen molar-refractivity contribution in [3.05, 3.63) is 33.8 Å². The lowest BCUT2D eigenvalue weighted by atomic mass is 10.0. The smallest absolute Gasteiger partial charge is 0.227 e. The van der Waals surface area contributed by atoms with E-state index in [0.29, 0.717) is 19.6 Å². The van der Waals surface area contributed by atoms with Gasteiger partial charge in [0.2, 0.25) is 5.91 Å². The minimum atomic E-state index is -0.127. The van der Waals surface area contributed by atoms with Crippen LogP contribution in [-0.2, 0) is 28.9 Å². The zero-order chi connectivity index (χ0) is 16.5. The van der Waals surface area contributed by atoms with Crippen molar-refractivity contribution in [2.24, 2.45) is 5.92 Å². The van der Waals surface area contributed by atoms with Gasteiger partial charge < -0.3 is 9.64 Å². The van der Waals surface area contributed by atoms with Crippen molar-refractivity contribution in [1.29, 1.82) is 0 Å². The van der Waals surface area contributed by atoms with E-state index in [1.165, 1.54) is 18.5 Å². The van der Waals surface area contributed by atoms with E-state index in [-0.39, 0.29) is 11.9 Å². The first kappa shape index (κ1) is 15.8. The average Bonchev–Trinajstić information content (AvgIpc) is 3.06. The first-order chi connectivity index (χ1) is 11.8. The van der Waals surface area contributed by atoms with Gasteiger partial charge in [-0.25, -0.2) is 4.68 Å². The molecule has 0 aromatic carbocycles. The van der Waals surface area contributed by atoms with Crippen LogP contribution in [0.1, 0.15) is 35.8 Å². The molecule has 4 rings (SSSR count). The number of amides is 1. The second kappa shape index (κ2) is 6.64. The molecule has 0 spiro atoms. The summed E-state index contributed by atoms with van der Waals surface area (Å²) in [6, 6.07) is 1.88. The summed E-state index contributed by atoms with van der Waals surface area (Å²) in [7, 11) is 1.67. The number of methoxy groups -OCH3 is 1. The molecule has 24 heavy (non-hydrogen) atoms. The molecule has 0 saturated heterocycles. The molecule has 3 heterocycles. The molecule has 1 saturated carbocycles. The molecule has 1 aliphatic carbocycles. The van der Waals surface area contributed by atoms with Gasteiger partial charge in [-0.2, -0.15) is 11.3 Å². The Hall–Kier alpha value is -1.73. The van der Waals surface area contributed by atoms with Crippen LogP contribution in [0.4, 0.5) is 0 Å². The summed E-state index contributed by atoms with van der Waals surface area (Å²) < 4.78 is 7.44. The summed E-state index contributed by atoms with van der Waals surface area (Å²) in [5.41, 5.74) is 3.18. The Balaban J connectivity index is 1.55. The number of carbonyl (C=O) groups excluding carboxylic acids is 1. The van der Waals surface area contributed by atoms with E-state index in [2.05, 4.69) is 15.0 Å². The SMILES string of the molecule is COC[C@H]1c2nnn(CC3CC3)c2CCN1C(=O)Cc1ccsc1. The van der Waals surface area contributed by atoms with Crippen molar-refractivity contribution < 1.29 is 9.53 Å². The first-order valence-electron chi connectivity index (χ1n) is 8.48. The summed E-state index contributed by atoms with van der Waals surface area (Å²) in [4.78, 5) is 14.7. The highest BCUT2D eigenvalue weighted by Crippen LogP contribution is 2.33. The highest BCUT2D eigenvalue weighted by atomic mass is 32.1. The molecule has 0 unspecified atom stereocenters. The molecule has 6 nitrogen and oxygen atoms in total. The maximum Gasteiger partial charge on any atom is 0.227 e. The van der Waals surface area contributed by atoms with Crippen LogP contribution in [0, 0.1) is 5.92 Å². The Kier molecular flexibility index (Phi) is 4.37. The zero-order valence-electron chi connectivity index (χ0n) is 13.9. The maximum atomic E-state index is 12.8. The van der Waals surface area contributed by atoms with Gasteiger partial charge >= 0.3 is 0 Å². The van der Waals surface area contributed by atoms with E-state index in [1.807, 2.05) is 21.7 Å². The van der Waals surface area contributed by atoms with Crippen molar-refractivity contribution in [2.75, 3.05) is 20.3 Å². The monoisotopic (exact) mass is 346 g/mol. The normalized spacial score (nSPS) is 20.2. The zero-order valence-corrected chi connectivity index (χ0v) is 14.7. The Labute approximate surface area is 145 Å². The van der Waals surface area contributed by atoms with Gasteiger partial charge in [0.15, 0.2) is 0 Å². The molecular formula is C17H22N4O2S. The van der Waals surface area contributed by atoms with E-state index in [4.69, 9.17) is 4.74 Å². The van der Waals surface area contributed by atoms with Crippen molar-refractivity contribution in [3.63, 3.8) is 0 Å². The standard InChI is InChI=1S/C17H22N4O2S/c1-23-10-15-17-14(21(19-18-17)9-12-2-3-12)4-6-20(15)16(22)8-13-5-7-24-11-13/h5,7,11-12,15H,2-4,6,8-10H2,1H3/t15-/m0/s1. The molecule has 1 aliphatic heterocycles. The van der Waals surface area contributed by atoms with Gasteiger partial charge in [0, 0.05) is 26.6 Å². The highest BCUT2D eigenvalue weighted by Gasteiger charge is 2.35. The van der Waals surface area contributed by atoms with Gasteiger partial charge in [-0.15, -0.1) is 5.10 Å². The van der Waals surface area contributed by atoms with Crippen LogP contribution in [0.2, 0.25) is 0 Å². The van der Waals surface area contributed by atoms with Crippen molar-refractivity contribution in [2.45, 2.75) is 38.3 Å². The molecule has 0 N–H and O–H groups in total. The van der Waals surface area contributed by atoms with E-state index in [0.717, 1.165) is 30.1 Å². The van der Waals surface area contributed by atoms with Crippen LogP contribution in [0.25, 0.3) is 0 Å². The van der Waals surface area contributed by atoms with Crippen molar-refractivity contribution in [3.8, 4) is 0 Å². The predicted molar refractivity (Wildman–Crippen MR) is 90.8 cm³/mol. The van der Waals surface area contributed by atoms with Crippen LogP contribution in [0.3, 0.4) is 0 Å². The third-order valence-corrected chi connectivity index (χ3v) is 5.59. The second-order valence-electron chi connectivity index (χ2n) is 6.66. The maximum absolute atomic E-state index is 12.8. The van der Waals surface area contributed by atoms with Gasteiger partial charge in [0.05, 0.1) is 18.7 Å². The number of fused-ring (bicyclic) bond motifs is 1. The molecule has 2 aromatic heterocycles. The number of carbonyl (C=O) groups is 1. The van der Waals surface area contributed by atoms with Gasteiger partial charge in [0.1, 0.15) is 11.7 Å². The summed E-state index contributed by atoms with van der Waals surface area (Å²) >= 11 is 1.62. The number of nitrogens with zero attached hydrogens (tertiary/aromatic N) is 4. The molecule has 7 heteroatoms. The van der Waals surface area contributed by atoms with Gasteiger partial charge in [0.25, 0.3) is 0 Å². The van der Waals surface area contributed by atoms with Crippen molar-refractivity contribution >= 4 is 17.2 Å². The quantitative estimate of drug-likeness (QED) is 0.803. The molecular weight excluding hydrogens is 324 g/mol. The lowest BCUT2D eigenvalue weighted by Gasteiger charge is -2.34. The third kappa shape index (κ3) is 3.10. The molecule has 2 aliphatic rings. The van der Waals surface area contributed by atoms with Gasteiger partial charge in [-0.1, -0.05) is 5.21 Å². The van der Waals surface area contributed by atoms with E-state index >= 15 is 0 Å². The topological polar surface area (TPSA) is 60.3 Å². The van der Waals surface area contributed by atoms with Gasteiger partial charge in [-0.05, 0) is 41.1 Å². The molecule has 0 radical (unpaired) electrons. The highest BCUT2D eigenvalue weighted by molar-refractivity contribution is 7.08. The Morgan fingerprint density at radius 2 is 2.33 bits per heavy atom. The Morgan fingerprint density at radius 3 is 3.04 bits per heavy atom. The number of hydrogen-bond donors (Lipinski definition) is 0. The predicted octanol–water partition coefficient (Wildman–Crippen LogP) is 2.06. The molecule has 0 bridgehead atoms. The average molecular weight is 346 g/mol. The Bertz CT molecular complexity index is 708. The number of hydrogen-bond acceptors (Lipinski definition) is 5. The Morgan fingerprint density at radius 1 is 1.46 bits per heavy atom. The van der Waals surface area contributed by atoms with Crippen LogP contribution < -0.4 is 0 Å². The minimum absolute atomic E-state index is 0.127. The number of aromatic nitrogens is 3. The number of ether oxygens (including phenoxy) is 1. The van der Waals surface area contributed by atoms with Crippen LogP contribution in [0.5, 0.6) is 0 Å². The fourth-order valence-electron chi connectivity index (χ4n) is 3.38. The largest absolute Gasteiger partial charge is 0.382 e. The molecule has 1 amide bonds. The van der Waals surface area contributed by atoms with Crippen molar-refractivity contribution in [1.82, 2.24) is 19.9 Å². The van der Waals surface area contributed by atoms with E-state index < -0.39 is 0 Å². The second-order valence-corrected chi connectivity index (χ2v) is 7.44. The molecule has 1 fully saturated rings. The minimum Gasteiger partial charge on any atom is -0.382 e. The third-order valence-electron chi connectivity index (χ3n) is 4.86. The van der Waals surface area contributed by atoms with E-state index in [9.17, 15) is 4.79 Å². The van der Waals surface area contributed by atoms with Crippen LogP contribution in [0.15, 0.2) is 16.8 Å². The first-order valence-corrected chi connectivity index (χ1v) is 9.42. The molecule has 2 aromatic rings. The van der Waals surface area contributed by atoms with Gasteiger partial charge in [-0.3, -0.25) is 4.79 Å². The molecule has 128 valence electrons. The number of rotatable bonds is 6. The molecule has 1 atom stereocenters. The summed E-state index contributed by atoms with van der Waals surface area (Å²) in [6.07, 6.45) is 3.85. The fraction of sp³-hybridized carbons (Fsp3) is 0.588. The summed E-state index contributed by atoms with van der Waals surface area (Å²) in [5.74, 6) is 0.896. The van der Waals surface area contributed by atoms with Crippen LogP contribution in [-0.4, -0.2) is 46.1 Å².